The second-order valence-electron chi connectivity index (χ2n) is 5.48. The van der Waals surface area contributed by atoms with Gasteiger partial charge < -0.3 is 19.0 Å². The summed E-state index contributed by atoms with van der Waals surface area (Å²) in [5, 5.41) is 7.32. The largest absolute Gasteiger partial charge is 0.495 e. The zero-order chi connectivity index (χ0) is 15.6. The molecule has 1 aromatic carbocycles. The Labute approximate surface area is 133 Å². The van der Waals surface area contributed by atoms with Crippen LogP contribution in [0, 0.1) is 0 Å². The number of nitrogens with zero attached hydrogens (tertiary/aromatic N) is 2. The number of anilines is 1. The zero-order valence-electron chi connectivity index (χ0n) is 12.8. The summed E-state index contributed by atoms with van der Waals surface area (Å²) in [4.78, 5) is 4.34. The van der Waals surface area contributed by atoms with E-state index in [1.165, 1.54) is 17.5 Å². The Morgan fingerprint density at radius 2 is 2.22 bits per heavy atom. The Bertz CT molecular complexity index is 809. The lowest BCUT2D eigenvalue weighted by atomic mass is 10.1. The molecule has 0 unspecified atom stereocenters. The van der Waals surface area contributed by atoms with Crippen molar-refractivity contribution in [1.82, 2.24) is 10.1 Å². The van der Waals surface area contributed by atoms with Crippen LogP contribution < -0.4 is 10.1 Å². The number of furan rings is 1. The van der Waals surface area contributed by atoms with E-state index >= 15 is 0 Å². The summed E-state index contributed by atoms with van der Waals surface area (Å²) in [7, 11) is 1.68. The topological polar surface area (TPSA) is 73.3 Å². The van der Waals surface area contributed by atoms with Gasteiger partial charge in [-0.05, 0) is 48.6 Å². The molecule has 2 heterocycles. The quantitative estimate of drug-likeness (QED) is 0.778. The number of fused-ring (bicyclic) bond motifs is 1. The number of aromatic nitrogens is 2. The van der Waals surface area contributed by atoms with E-state index in [2.05, 4.69) is 21.5 Å². The summed E-state index contributed by atoms with van der Waals surface area (Å²) in [5.74, 6) is 2.40. The summed E-state index contributed by atoms with van der Waals surface area (Å²) in [6.07, 6.45) is 4.95. The fraction of sp³-hybridized carbons (Fsp3) is 0.294. The van der Waals surface area contributed by atoms with Gasteiger partial charge in [0.2, 0.25) is 11.7 Å². The van der Waals surface area contributed by atoms with Gasteiger partial charge in [0.05, 0.1) is 25.6 Å². The lowest BCUT2D eigenvalue weighted by Crippen LogP contribution is -2.05. The van der Waals surface area contributed by atoms with Crippen molar-refractivity contribution < 1.29 is 13.7 Å². The molecule has 4 rings (SSSR count). The first kappa shape index (κ1) is 13.9. The molecule has 0 bridgehead atoms. The molecule has 0 radical (unpaired) electrons. The third kappa shape index (κ3) is 2.56. The van der Waals surface area contributed by atoms with Crippen molar-refractivity contribution in [2.75, 3.05) is 12.4 Å². The summed E-state index contributed by atoms with van der Waals surface area (Å²) in [6, 6.07) is 7.75. The average Bonchev–Trinajstić information content (AvgIpc) is 3.32. The van der Waals surface area contributed by atoms with Crippen LogP contribution >= 0.6 is 0 Å². The van der Waals surface area contributed by atoms with Crippen LogP contribution in [0.25, 0.3) is 11.6 Å². The van der Waals surface area contributed by atoms with E-state index in [1.54, 1.807) is 25.5 Å². The van der Waals surface area contributed by atoms with Crippen molar-refractivity contribution in [3.8, 4) is 17.3 Å². The molecule has 0 saturated carbocycles. The molecule has 6 nitrogen and oxygen atoms in total. The number of ether oxygens (including phenoxy) is 1. The van der Waals surface area contributed by atoms with Crippen LogP contribution in [-0.4, -0.2) is 17.3 Å². The molecule has 118 valence electrons. The summed E-state index contributed by atoms with van der Waals surface area (Å²) < 4.78 is 16.0. The Kier molecular flexibility index (Phi) is 3.49. The second kappa shape index (κ2) is 5.79. The van der Waals surface area contributed by atoms with E-state index in [4.69, 9.17) is 13.7 Å². The average molecular weight is 311 g/mol. The van der Waals surface area contributed by atoms with Crippen molar-refractivity contribution >= 4 is 5.69 Å². The predicted molar refractivity (Wildman–Crippen MR) is 84.3 cm³/mol. The number of benzene rings is 1. The predicted octanol–water partition coefficient (Wildman–Crippen LogP) is 3.44. The molecule has 6 heteroatoms. The Morgan fingerprint density at radius 3 is 3.04 bits per heavy atom. The molecule has 1 aliphatic rings. The SMILES string of the molecule is COc1ccc2c(c1NCc1nc(-c3ccco3)no1)CCC2. The fourth-order valence-electron chi connectivity index (χ4n) is 3.01. The highest BCUT2D eigenvalue weighted by atomic mass is 16.5. The molecule has 0 aliphatic heterocycles. The van der Waals surface area contributed by atoms with Gasteiger partial charge in [0, 0.05) is 0 Å². The Hall–Kier alpha value is -2.76. The van der Waals surface area contributed by atoms with Gasteiger partial charge in [-0.15, -0.1) is 0 Å². The first-order valence-corrected chi connectivity index (χ1v) is 7.64. The highest BCUT2D eigenvalue weighted by Crippen LogP contribution is 2.36. The van der Waals surface area contributed by atoms with Gasteiger partial charge in [-0.3, -0.25) is 0 Å². The van der Waals surface area contributed by atoms with Gasteiger partial charge in [0.15, 0.2) is 5.76 Å². The summed E-state index contributed by atoms with van der Waals surface area (Å²) in [6.45, 7) is 0.445. The molecule has 1 aliphatic carbocycles. The van der Waals surface area contributed by atoms with Gasteiger partial charge >= 0.3 is 0 Å². The van der Waals surface area contributed by atoms with E-state index < -0.39 is 0 Å². The highest BCUT2D eigenvalue weighted by molar-refractivity contribution is 5.65. The van der Waals surface area contributed by atoms with Crippen LogP contribution in [0.15, 0.2) is 39.5 Å². The minimum atomic E-state index is 0.445. The Balaban J connectivity index is 1.55. The maximum atomic E-state index is 5.48. The van der Waals surface area contributed by atoms with Crippen molar-refractivity contribution in [1.29, 1.82) is 0 Å². The van der Waals surface area contributed by atoms with E-state index in [0.717, 1.165) is 24.3 Å². The lowest BCUT2D eigenvalue weighted by molar-refractivity contribution is 0.382. The number of hydrogen-bond donors (Lipinski definition) is 1. The number of hydrogen-bond acceptors (Lipinski definition) is 6. The van der Waals surface area contributed by atoms with E-state index in [0.29, 0.717) is 24.0 Å². The minimum Gasteiger partial charge on any atom is -0.495 e. The maximum absolute atomic E-state index is 5.48. The first-order chi connectivity index (χ1) is 11.3. The van der Waals surface area contributed by atoms with Gasteiger partial charge in [-0.2, -0.15) is 4.98 Å². The maximum Gasteiger partial charge on any atom is 0.246 e. The normalized spacial score (nSPS) is 13.1. The fourth-order valence-corrected chi connectivity index (χ4v) is 3.01. The number of aryl methyl sites for hydroxylation is 1. The molecule has 0 atom stereocenters. The van der Waals surface area contributed by atoms with Crippen LogP contribution in [0.2, 0.25) is 0 Å². The molecule has 3 aromatic rings. The minimum absolute atomic E-state index is 0.445. The van der Waals surface area contributed by atoms with Gasteiger partial charge in [0.25, 0.3) is 0 Å². The monoisotopic (exact) mass is 311 g/mol. The van der Waals surface area contributed by atoms with Gasteiger partial charge in [-0.25, -0.2) is 0 Å². The number of rotatable bonds is 5. The van der Waals surface area contributed by atoms with Crippen LogP contribution in [0.4, 0.5) is 5.69 Å². The van der Waals surface area contributed by atoms with E-state index in [1.807, 2.05) is 6.07 Å². The smallest absolute Gasteiger partial charge is 0.246 e. The van der Waals surface area contributed by atoms with E-state index in [-0.39, 0.29) is 0 Å². The molecule has 0 amide bonds. The molecule has 2 aromatic heterocycles. The van der Waals surface area contributed by atoms with Crippen LogP contribution in [0.1, 0.15) is 23.4 Å². The number of methoxy groups -OCH3 is 1. The Morgan fingerprint density at radius 1 is 1.26 bits per heavy atom. The molecule has 1 N–H and O–H groups in total. The molecule has 0 saturated heterocycles. The van der Waals surface area contributed by atoms with Crippen LogP contribution in [0.5, 0.6) is 5.75 Å². The molecular formula is C17H17N3O3. The number of nitrogens with one attached hydrogen (secondary N) is 1. The molecule has 23 heavy (non-hydrogen) atoms. The van der Waals surface area contributed by atoms with Crippen LogP contribution in [0.3, 0.4) is 0 Å². The summed E-state index contributed by atoms with van der Waals surface area (Å²) >= 11 is 0. The standard InChI is InChI=1S/C17H17N3O3/c1-21-13-8-7-11-4-2-5-12(11)16(13)18-10-15-19-17(20-23-15)14-6-3-9-22-14/h3,6-9,18H,2,4-5,10H2,1H3. The van der Waals surface area contributed by atoms with Crippen LogP contribution in [-0.2, 0) is 19.4 Å². The van der Waals surface area contributed by atoms with Crippen molar-refractivity contribution in [2.24, 2.45) is 0 Å². The third-order valence-corrected chi connectivity index (χ3v) is 4.09. The van der Waals surface area contributed by atoms with Crippen molar-refractivity contribution in [3.63, 3.8) is 0 Å². The van der Waals surface area contributed by atoms with Crippen molar-refractivity contribution in [3.05, 3.63) is 47.5 Å². The van der Waals surface area contributed by atoms with Gasteiger partial charge in [0.1, 0.15) is 5.75 Å². The third-order valence-electron chi connectivity index (χ3n) is 4.09. The second-order valence-corrected chi connectivity index (χ2v) is 5.48. The lowest BCUT2D eigenvalue weighted by Gasteiger charge is -2.14. The zero-order valence-corrected chi connectivity index (χ0v) is 12.8. The van der Waals surface area contributed by atoms with Gasteiger partial charge in [-0.1, -0.05) is 11.2 Å². The first-order valence-electron chi connectivity index (χ1n) is 7.64. The molecule has 0 fully saturated rings. The summed E-state index contributed by atoms with van der Waals surface area (Å²) in [5.41, 5.74) is 3.74. The van der Waals surface area contributed by atoms with E-state index in [9.17, 15) is 0 Å². The molecule has 0 spiro atoms. The molecular weight excluding hydrogens is 294 g/mol. The highest BCUT2D eigenvalue weighted by Gasteiger charge is 2.19. The van der Waals surface area contributed by atoms with Crippen molar-refractivity contribution in [2.45, 2.75) is 25.8 Å².